The number of para-hydroxylation sites is 1. The molecule has 4 amide bonds. The van der Waals surface area contributed by atoms with Gasteiger partial charge in [0.2, 0.25) is 5.91 Å². The minimum atomic E-state index is -0.638. The fourth-order valence-electron chi connectivity index (χ4n) is 3.00. The maximum Gasteiger partial charge on any atom is 0.325 e. The summed E-state index contributed by atoms with van der Waals surface area (Å²) in [6, 6.07) is 15.8. The summed E-state index contributed by atoms with van der Waals surface area (Å²) in [4.78, 5) is 37.9. The topological polar surface area (TPSA) is 78.5 Å². The number of hydrogen-bond donors (Lipinski definition) is 2. The highest BCUT2D eigenvalue weighted by Gasteiger charge is 2.38. The van der Waals surface area contributed by atoms with Gasteiger partial charge in [0, 0.05) is 12.1 Å². The molecule has 1 heterocycles. The van der Waals surface area contributed by atoms with E-state index in [0.717, 1.165) is 22.4 Å². The van der Waals surface area contributed by atoms with E-state index in [4.69, 9.17) is 0 Å². The number of rotatable bonds is 6. The first-order valence-corrected chi connectivity index (χ1v) is 8.62. The second-order valence-electron chi connectivity index (χ2n) is 6.18. The van der Waals surface area contributed by atoms with Crippen LogP contribution in [0.15, 0.2) is 54.6 Å². The lowest BCUT2D eigenvalue weighted by Gasteiger charge is -2.14. The van der Waals surface area contributed by atoms with E-state index >= 15 is 0 Å². The van der Waals surface area contributed by atoms with Crippen LogP contribution in [-0.4, -0.2) is 35.3 Å². The SMILES string of the molecule is CCc1ccccc1NC(=O)CN1C(=O)N[C@@H](Cc2ccccc2)C1=O. The molecule has 0 bridgehead atoms. The van der Waals surface area contributed by atoms with Gasteiger partial charge in [0.25, 0.3) is 5.91 Å². The van der Waals surface area contributed by atoms with E-state index < -0.39 is 18.0 Å². The van der Waals surface area contributed by atoms with Gasteiger partial charge in [0.05, 0.1) is 0 Å². The number of benzene rings is 2. The lowest BCUT2D eigenvalue weighted by atomic mass is 10.1. The Balaban J connectivity index is 1.63. The van der Waals surface area contributed by atoms with Gasteiger partial charge in [-0.05, 0) is 23.6 Å². The minimum Gasteiger partial charge on any atom is -0.325 e. The van der Waals surface area contributed by atoms with Crippen LogP contribution < -0.4 is 10.6 Å². The highest BCUT2D eigenvalue weighted by Crippen LogP contribution is 2.16. The number of hydrogen-bond acceptors (Lipinski definition) is 3. The molecule has 0 unspecified atom stereocenters. The highest BCUT2D eigenvalue weighted by molar-refractivity contribution is 6.08. The Morgan fingerprint density at radius 3 is 2.50 bits per heavy atom. The number of anilines is 1. The first-order chi connectivity index (χ1) is 12.6. The van der Waals surface area contributed by atoms with Crippen LogP contribution >= 0.6 is 0 Å². The lowest BCUT2D eigenvalue weighted by molar-refractivity contribution is -0.130. The largest absolute Gasteiger partial charge is 0.325 e. The van der Waals surface area contributed by atoms with Gasteiger partial charge in [-0.2, -0.15) is 0 Å². The third kappa shape index (κ3) is 3.91. The summed E-state index contributed by atoms with van der Waals surface area (Å²) in [5.41, 5.74) is 2.65. The normalized spacial score (nSPS) is 16.5. The van der Waals surface area contributed by atoms with Gasteiger partial charge in [-0.25, -0.2) is 4.79 Å². The number of amides is 4. The monoisotopic (exact) mass is 351 g/mol. The van der Waals surface area contributed by atoms with E-state index in [0.29, 0.717) is 12.1 Å². The van der Waals surface area contributed by atoms with Gasteiger partial charge in [-0.15, -0.1) is 0 Å². The van der Waals surface area contributed by atoms with E-state index in [1.807, 2.05) is 55.5 Å². The maximum atomic E-state index is 12.5. The molecule has 6 heteroatoms. The fourth-order valence-corrected chi connectivity index (χ4v) is 3.00. The van der Waals surface area contributed by atoms with Gasteiger partial charge < -0.3 is 10.6 Å². The van der Waals surface area contributed by atoms with Crippen molar-refractivity contribution in [2.45, 2.75) is 25.8 Å². The molecule has 0 saturated carbocycles. The average molecular weight is 351 g/mol. The quantitative estimate of drug-likeness (QED) is 0.784. The molecule has 6 nitrogen and oxygen atoms in total. The molecule has 134 valence electrons. The molecule has 2 aromatic rings. The zero-order valence-electron chi connectivity index (χ0n) is 14.6. The molecule has 1 atom stereocenters. The number of carbonyl (C=O) groups excluding carboxylic acids is 3. The fraction of sp³-hybridized carbons (Fsp3) is 0.250. The Hall–Kier alpha value is -3.15. The summed E-state index contributed by atoms with van der Waals surface area (Å²) >= 11 is 0. The van der Waals surface area contributed by atoms with Gasteiger partial charge in [0.1, 0.15) is 12.6 Å². The summed E-state index contributed by atoms with van der Waals surface area (Å²) in [6.45, 7) is 1.70. The number of nitrogens with zero attached hydrogens (tertiary/aromatic N) is 1. The van der Waals surface area contributed by atoms with Crippen LogP contribution in [0.3, 0.4) is 0 Å². The van der Waals surface area contributed by atoms with Crippen molar-refractivity contribution in [2.24, 2.45) is 0 Å². The Labute approximate surface area is 152 Å². The van der Waals surface area contributed by atoms with E-state index in [-0.39, 0.29) is 12.5 Å². The first kappa shape index (κ1) is 17.7. The number of aryl methyl sites for hydroxylation is 1. The predicted octanol–water partition coefficient (Wildman–Crippen LogP) is 2.35. The van der Waals surface area contributed by atoms with Crippen LogP contribution in [0.4, 0.5) is 10.5 Å². The molecule has 1 aliphatic heterocycles. The van der Waals surface area contributed by atoms with Crippen LogP contribution in [-0.2, 0) is 22.4 Å². The standard InChI is InChI=1S/C20H21N3O3/c1-2-15-10-6-7-11-16(15)21-18(24)13-23-19(25)17(22-20(23)26)12-14-8-4-3-5-9-14/h3-11,17H,2,12-13H2,1H3,(H,21,24)(H,22,26)/t17-/m0/s1. The smallest absolute Gasteiger partial charge is 0.325 e. The zero-order valence-corrected chi connectivity index (χ0v) is 14.6. The lowest BCUT2D eigenvalue weighted by Crippen LogP contribution is -2.38. The van der Waals surface area contributed by atoms with Crippen LogP contribution in [0.5, 0.6) is 0 Å². The van der Waals surface area contributed by atoms with Gasteiger partial charge in [-0.1, -0.05) is 55.5 Å². The molecule has 1 aliphatic rings. The number of imide groups is 1. The summed E-state index contributed by atoms with van der Waals surface area (Å²) in [5.74, 6) is -0.771. The van der Waals surface area contributed by atoms with Crippen molar-refractivity contribution in [1.82, 2.24) is 10.2 Å². The van der Waals surface area contributed by atoms with Crippen LogP contribution in [0, 0.1) is 0 Å². The molecule has 26 heavy (non-hydrogen) atoms. The summed E-state index contributed by atoms with van der Waals surface area (Å²) in [5, 5.41) is 5.43. The Morgan fingerprint density at radius 1 is 1.08 bits per heavy atom. The third-order valence-corrected chi connectivity index (χ3v) is 4.36. The molecular weight excluding hydrogens is 330 g/mol. The highest BCUT2D eigenvalue weighted by atomic mass is 16.2. The van der Waals surface area contributed by atoms with E-state index in [9.17, 15) is 14.4 Å². The summed E-state index contributed by atoms with van der Waals surface area (Å²) in [6.07, 6.45) is 1.18. The molecule has 0 spiro atoms. The molecule has 3 rings (SSSR count). The van der Waals surface area contributed by atoms with Gasteiger partial charge in [-0.3, -0.25) is 14.5 Å². The van der Waals surface area contributed by atoms with E-state index in [2.05, 4.69) is 10.6 Å². The van der Waals surface area contributed by atoms with Crippen molar-refractivity contribution >= 4 is 23.5 Å². The summed E-state index contributed by atoms with van der Waals surface area (Å²) < 4.78 is 0. The van der Waals surface area contributed by atoms with Gasteiger partial charge >= 0.3 is 6.03 Å². The molecule has 1 saturated heterocycles. The third-order valence-electron chi connectivity index (χ3n) is 4.36. The molecule has 0 radical (unpaired) electrons. The Kier molecular flexibility index (Phi) is 5.31. The molecule has 0 aliphatic carbocycles. The Bertz CT molecular complexity index is 820. The van der Waals surface area contributed by atoms with Crippen molar-refractivity contribution in [3.63, 3.8) is 0 Å². The zero-order chi connectivity index (χ0) is 18.5. The molecule has 2 N–H and O–H groups in total. The van der Waals surface area contributed by atoms with Gasteiger partial charge in [0.15, 0.2) is 0 Å². The number of nitrogens with one attached hydrogen (secondary N) is 2. The van der Waals surface area contributed by atoms with Crippen molar-refractivity contribution in [2.75, 3.05) is 11.9 Å². The van der Waals surface area contributed by atoms with Crippen molar-refractivity contribution in [3.05, 3.63) is 65.7 Å². The molecular formula is C20H21N3O3. The maximum absolute atomic E-state index is 12.5. The van der Waals surface area contributed by atoms with Crippen LogP contribution in [0.1, 0.15) is 18.1 Å². The second-order valence-corrected chi connectivity index (χ2v) is 6.18. The van der Waals surface area contributed by atoms with Crippen molar-refractivity contribution in [1.29, 1.82) is 0 Å². The number of urea groups is 1. The van der Waals surface area contributed by atoms with Crippen molar-refractivity contribution in [3.8, 4) is 0 Å². The predicted molar refractivity (Wildman–Crippen MR) is 98.6 cm³/mol. The van der Waals surface area contributed by atoms with Crippen molar-refractivity contribution < 1.29 is 14.4 Å². The molecule has 0 aromatic heterocycles. The average Bonchev–Trinajstić information content (AvgIpc) is 2.90. The number of carbonyl (C=O) groups is 3. The molecule has 2 aromatic carbocycles. The second kappa shape index (κ2) is 7.82. The minimum absolute atomic E-state index is 0.298. The molecule has 1 fully saturated rings. The van der Waals surface area contributed by atoms with E-state index in [1.54, 1.807) is 6.07 Å². The Morgan fingerprint density at radius 2 is 1.77 bits per heavy atom. The van der Waals surface area contributed by atoms with E-state index in [1.165, 1.54) is 0 Å². The first-order valence-electron chi connectivity index (χ1n) is 8.62. The van der Waals surface area contributed by atoms with Crippen LogP contribution in [0.2, 0.25) is 0 Å². The summed E-state index contributed by atoms with van der Waals surface area (Å²) in [7, 11) is 0. The van der Waals surface area contributed by atoms with Crippen LogP contribution in [0.25, 0.3) is 0 Å².